The van der Waals surface area contributed by atoms with Crippen molar-refractivity contribution in [2.24, 2.45) is 7.05 Å². The molecule has 1 aromatic heterocycles. The maximum absolute atomic E-state index is 10.1. The van der Waals surface area contributed by atoms with E-state index in [1.807, 2.05) is 17.8 Å². The molecule has 5 heteroatoms. The molecule has 1 unspecified atom stereocenters. The lowest BCUT2D eigenvalue weighted by Gasteiger charge is -2.13. The van der Waals surface area contributed by atoms with Crippen LogP contribution in [0.1, 0.15) is 17.7 Å². The van der Waals surface area contributed by atoms with Gasteiger partial charge in [-0.3, -0.25) is 4.68 Å². The van der Waals surface area contributed by atoms with Crippen LogP contribution in [0.5, 0.6) is 0 Å². The number of rotatable bonds is 5. The first kappa shape index (κ1) is 14.4. The molecule has 0 aliphatic rings. The Morgan fingerprint density at radius 2 is 1.95 bits per heavy atom. The number of nitrogens with zero attached hydrogens (tertiary/aromatic N) is 2. The second kappa shape index (κ2) is 6.42. The molecule has 2 rings (SSSR count). The number of hydrogen-bond donors (Lipinski definition) is 1. The molecule has 2 aromatic rings. The van der Waals surface area contributed by atoms with Gasteiger partial charge in [0.15, 0.2) is 0 Å². The molecule has 0 spiro atoms. The van der Waals surface area contributed by atoms with Crippen molar-refractivity contribution < 1.29 is 5.11 Å². The standard InChI is InChI=1S/C14H16Cl2N2O/c1-18-10(7-8-17-18)5-6-11(19)9-12-13(15)3-2-4-14(12)16/h2-4,7-8,11,19H,5-6,9H2,1H3. The first-order chi connectivity index (χ1) is 9.08. The lowest BCUT2D eigenvalue weighted by atomic mass is 10.0. The molecule has 19 heavy (non-hydrogen) atoms. The number of hydrogen-bond acceptors (Lipinski definition) is 2. The maximum Gasteiger partial charge on any atom is 0.0585 e. The Kier molecular flexibility index (Phi) is 4.86. The monoisotopic (exact) mass is 298 g/mol. The average Bonchev–Trinajstić information content (AvgIpc) is 2.77. The summed E-state index contributed by atoms with van der Waals surface area (Å²) in [6.45, 7) is 0. The van der Waals surface area contributed by atoms with Crippen LogP contribution < -0.4 is 0 Å². The van der Waals surface area contributed by atoms with E-state index in [1.54, 1.807) is 24.4 Å². The van der Waals surface area contributed by atoms with Gasteiger partial charge < -0.3 is 5.11 Å². The minimum absolute atomic E-state index is 0.465. The van der Waals surface area contributed by atoms with Crippen molar-refractivity contribution in [3.8, 4) is 0 Å². The Morgan fingerprint density at radius 1 is 1.26 bits per heavy atom. The number of benzene rings is 1. The topological polar surface area (TPSA) is 38.0 Å². The zero-order valence-electron chi connectivity index (χ0n) is 10.7. The second-order valence-electron chi connectivity index (χ2n) is 4.54. The van der Waals surface area contributed by atoms with Crippen molar-refractivity contribution in [3.63, 3.8) is 0 Å². The summed E-state index contributed by atoms with van der Waals surface area (Å²) in [4.78, 5) is 0. The molecule has 0 saturated carbocycles. The first-order valence-electron chi connectivity index (χ1n) is 6.15. The highest BCUT2D eigenvalue weighted by Gasteiger charge is 2.12. The number of aliphatic hydroxyl groups is 1. The van der Waals surface area contributed by atoms with E-state index in [1.165, 1.54) is 0 Å². The quantitative estimate of drug-likeness (QED) is 0.920. The van der Waals surface area contributed by atoms with Crippen molar-refractivity contribution in [1.82, 2.24) is 9.78 Å². The van der Waals surface area contributed by atoms with E-state index in [0.29, 0.717) is 22.9 Å². The van der Waals surface area contributed by atoms with Crippen LogP contribution in [0.2, 0.25) is 10.0 Å². The fourth-order valence-electron chi connectivity index (χ4n) is 2.03. The van der Waals surface area contributed by atoms with Crippen LogP contribution in [-0.4, -0.2) is 21.0 Å². The van der Waals surface area contributed by atoms with E-state index in [0.717, 1.165) is 17.7 Å². The Morgan fingerprint density at radius 3 is 2.53 bits per heavy atom. The molecule has 0 saturated heterocycles. The van der Waals surface area contributed by atoms with E-state index in [4.69, 9.17) is 23.2 Å². The molecule has 0 radical (unpaired) electrons. The van der Waals surface area contributed by atoms with Crippen molar-refractivity contribution in [3.05, 3.63) is 51.8 Å². The molecular weight excluding hydrogens is 283 g/mol. The summed E-state index contributed by atoms with van der Waals surface area (Å²) in [5, 5.41) is 15.4. The predicted octanol–water partition coefficient (Wildman–Crippen LogP) is 3.26. The fraction of sp³-hybridized carbons (Fsp3) is 0.357. The number of aryl methyl sites for hydroxylation is 2. The van der Waals surface area contributed by atoms with Gasteiger partial charge in [-0.05, 0) is 36.6 Å². The highest BCUT2D eigenvalue weighted by Crippen LogP contribution is 2.26. The first-order valence-corrected chi connectivity index (χ1v) is 6.91. The summed E-state index contributed by atoms with van der Waals surface area (Å²) in [7, 11) is 1.90. The van der Waals surface area contributed by atoms with Gasteiger partial charge in [-0.1, -0.05) is 29.3 Å². The van der Waals surface area contributed by atoms with Gasteiger partial charge in [-0.25, -0.2) is 0 Å². The van der Waals surface area contributed by atoms with E-state index in [-0.39, 0.29) is 0 Å². The lowest BCUT2D eigenvalue weighted by molar-refractivity contribution is 0.164. The van der Waals surface area contributed by atoms with Crippen molar-refractivity contribution in [2.45, 2.75) is 25.4 Å². The molecule has 0 bridgehead atoms. The van der Waals surface area contributed by atoms with Gasteiger partial charge in [0.1, 0.15) is 0 Å². The summed E-state index contributed by atoms with van der Waals surface area (Å²) in [5.41, 5.74) is 1.91. The minimum atomic E-state index is -0.465. The Bertz CT molecular complexity index is 534. The molecule has 1 atom stereocenters. The molecule has 1 aromatic carbocycles. The van der Waals surface area contributed by atoms with E-state index in [9.17, 15) is 5.11 Å². The van der Waals surface area contributed by atoms with Crippen LogP contribution in [0.25, 0.3) is 0 Å². The summed E-state index contributed by atoms with van der Waals surface area (Å²) in [6, 6.07) is 7.33. The molecule has 0 aliphatic heterocycles. The molecule has 1 N–H and O–H groups in total. The van der Waals surface area contributed by atoms with Gasteiger partial charge in [0.2, 0.25) is 0 Å². The second-order valence-corrected chi connectivity index (χ2v) is 5.36. The minimum Gasteiger partial charge on any atom is -0.393 e. The largest absolute Gasteiger partial charge is 0.393 e. The fourth-order valence-corrected chi connectivity index (χ4v) is 2.58. The summed E-state index contributed by atoms with van der Waals surface area (Å²) >= 11 is 12.2. The third-order valence-corrected chi connectivity index (χ3v) is 3.87. The number of halogens is 2. The normalized spacial score (nSPS) is 12.6. The highest BCUT2D eigenvalue weighted by atomic mass is 35.5. The van der Waals surface area contributed by atoms with Gasteiger partial charge in [0, 0.05) is 35.4 Å². The van der Waals surface area contributed by atoms with Crippen LogP contribution in [-0.2, 0) is 19.9 Å². The predicted molar refractivity (Wildman–Crippen MR) is 77.7 cm³/mol. The molecule has 102 valence electrons. The van der Waals surface area contributed by atoms with Crippen LogP contribution in [0, 0.1) is 0 Å². The van der Waals surface area contributed by atoms with Gasteiger partial charge in [0.05, 0.1) is 6.10 Å². The Balaban J connectivity index is 1.94. The summed E-state index contributed by atoms with van der Waals surface area (Å²) in [6.07, 6.45) is 3.19. The van der Waals surface area contributed by atoms with Crippen LogP contribution in [0.3, 0.4) is 0 Å². The van der Waals surface area contributed by atoms with Gasteiger partial charge in [-0.2, -0.15) is 5.10 Å². The molecule has 0 aliphatic carbocycles. The Hall–Kier alpha value is -1.03. The lowest BCUT2D eigenvalue weighted by Crippen LogP contribution is -2.13. The Labute approximate surface area is 122 Å². The number of aromatic nitrogens is 2. The van der Waals surface area contributed by atoms with Crippen LogP contribution >= 0.6 is 23.2 Å². The average molecular weight is 299 g/mol. The SMILES string of the molecule is Cn1nccc1CCC(O)Cc1c(Cl)cccc1Cl. The molecule has 0 amide bonds. The summed E-state index contributed by atoms with van der Waals surface area (Å²) in [5.74, 6) is 0. The van der Waals surface area contributed by atoms with E-state index >= 15 is 0 Å². The third kappa shape index (κ3) is 3.72. The summed E-state index contributed by atoms with van der Waals surface area (Å²) < 4.78 is 1.81. The zero-order chi connectivity index (χ0) is 13.8. The van der Waals surface area contributed by atoms with Crippen LogP contribution in [0.15, 0.2) is 30.5 Å². The van der Waals surface area contributed by atoms with Crippen molar-refractivity contribution in [1.29, 1.82) is 0 Å². The zero-order valence-corrected chi connectivity index (χ0v) is 12.2. The third-order valence-electron chi connectivity index (χ3n) is 3.16. The number of aliphatic hydroxyl groups excluding tert-OH is 1. The molecule has 3 nitrogen and oxygen atoms in total. The van der Waals surface area contributed by atoms with Gasteiger partial charge in [-0.15, -0.1) is 0 Å². The molecular formula is C14H16Cl2N2O. The van der Waals surface area contributed by atoms with Crippen molar-refractivity contribution in [2.75, 3.05) is 0 Å². The maximum atomic E-state index is 10.1. The van der Waals surface area contributed by atoms with E-state index in [2.05, 4.69) is 5.10 Å². The molecule has 0 fully saturated rings. The van der Waals surface area contributed by atoms with Crippen molar-refractivity contribution >= 4 is 23.2 Å². The smallest absolute Gasteiger partial charge is 0.0585 e. The van der Waals surface area contributed by atoms with Gasteiger partial charge in [0.25, 0.3) is 0 Å². The highest BCUT2D eigenvalue weighted by molar-refractivity contribution is 6.35. The molecule has 1 heterocycles. The van der Waals surface area contributed by atoms with Crippen LogP contribution in [0.4, 0.5) is 0 Å². The van der Waals surface area contributed by atoms with Gasteiger partial charge >= 0.3 is 0 Å². The van der Waals surface area contributed by atoms with E-state index < -0.39 is 6.10 Å².